The lowest BCUT2D eigenvalue weighted by Crippen LogP contribution is -2.35. The van der Waals surface area contributed by atoms with Crippen LogP contribution in [0.4, 0.5) is 0 Å². The Labute approximate surface area is 202 Å². The number of fused-ring (bicyclic) bond motifs is 6. The van der Waals surface area contributed by atoms with E-state index in [0.717, 1.165) is 56.0 Å². The molecule has 6 rings (SSSR count). The monoisotopic (exact) mass is 472 g/mol. The van der Waals surface area contributed by atoms with Crippen molar-refractivity contribution in [2.45, 2.75) is 25.3 Å². The van der Waals surface area contributed by atoms with Gasteiger partial charge in [-0.1, -0.05) is 18.2 Å². The van der Waals surface area contributed by atoms with Crippen LogP contribution in [0.25, 0.3) is 21.8 Å². The predicted molar refractivity (Wildman–Crippen MR) is 135 cm³/mol. The molecule has 0 aliphatic carbocycles. The number of aromatic amines is 1. The van der Waals surface area contributed by atoms with Crippen LogP contribution in [0.3, 0.4) is 0 Å². The van der Waals surface area contributed by atoms with Crippen LogP contribution < -0.4 is 20.7 Å². The van der Waals surface area contributed by atoms with E-state index in [1.165, 1.54) is 10.1 Å². The molecule has 0 radical (unpaired) electrons. The van der Waals surface area contributed by atoms with Gasteiger partial charge in [-0.25, -0.2) is 4.79 Å². The number of methoxy groups -OCH3 is 1. The lowest BCUT2D eigenvalue weighted by Gasteiger charge is -2.29. The van der Waals surface area contributed by atoms with Crippen LogP contribution in [0.1, 0.15) is 24.3 Å². The van der Waals surface area contributed by atoms with E-state index in [2.05, 4.69) is 14.9 Å². The highest BCUT2D eigenvalue weighted by Gasteiger charge is 2.40. The number of unbranched alkanes of at least 4 members (excludes halogenated alkanes) is 1. The van der Waals surface area contributed by atoms with Crippen LogP contribution in [0, 0.1) is 5.92 Å². The van der Waals surface area contributed by atoms with E-state index >= 15 is 0 Å². The zero-order valence-corrected chi connectivity index (χ0v) is 19.7. The number of rotatable bonds is 6. The van der Waals surface area contributed by atoms with E-state index in [1.807, 2.05) is 36.4 Å². The minimum Gasteiger partial charge on any atom is -0.496 e. The number of nitrogens with zero attached hydrogens (tertiary/aromatic N) is 3. The van der Waals surface area contributed by atoms with Gasteiger partial charge in [0.2, 0.25) is 0 Å². The van der Waals surface area contributed by atoms with Gasteiger partial charge in [0.15, 0.2) is 0 Å². The summed E-state index contributed by atoms with van der Waals surface area (Å²) in [6.07, 6.45) is 3.33. The Balaban J connectivity index is 1.13. The molecule has 1 fully saturated rings. The Kier molecular flexibility index (Phi) is 5.53. The largest absolute Gasteiger partial charge is 0.496 e. The number of pyridine rings is 1. The molecule has 0 bridgehead atoms. The fraction of sp³-hybridized carbons (Fsp3) is 0.370. The first kappa shape index (κ1) is 21.9. The number of likely N-dealkylation sites (tertiary alicyclic amines) is 1. The average molecular weight is 473 g/mol. The van der Waals surface area contributed by atoms with Crippen LogP contribution in [0.5, 0.6) is 11.5 Å². The van der Waals surface area contributed by atoms with Gasteiger partial charge in [-0.05, 0) is 43.7 Å². The molecule has 8 nitrogen and oxygen atoms in total. The van der Waals surface area contributed by atoms with Gasteiger partial charge in [0.1, 0.15) is 11.5 Å². The summed E-state index contributed by atoms with van der Waals surface area (Å²) in [6, 6.07) is 13.4. The van der Waals surface area contributed by atoms with E-state index in [9.17, 15) is 9.59 Å². The molecule has 0 saturated carbocycles. The number of hydrogen-bond acceptors (Lipinski definition) is 6. The SMILES string of the molecule is COc1cccc2c1[C@@H]1CN(CCCCn3c(=O)[nH]c4c(ccc5cccnc54)c3=O)C[C@@H]1CO2. The van der Waals surface area contributed by atoms with Crippen LogP contribution in [-0.4, -0.2) is 52.8 Å². The van der Waals surface area contributed by atoms with Crippen molar-refractivity contribution in [3.63, 3.8) is 0 Å². The van der Waals surface area contributed by atoms with Gasteiger partial charge in [-0.2, -0.15) is 0 Å². The van der Waals surface area contributed by atoms with Crippen LogP contribution in [0.15, 0.2) is 58.3 Å². The highest BCUT2D eigenvalue weighted by atomic mass is 16.5. The number of aromatic nitrogens is 3. The molecule has 2 aliphatic heterocycles. The van der Waals surface area contributed by atoms with Gasteiger partial charge in [-0.15, -0.1) is 0 Å². The standard InChI is InChI=1S/C27H28N4O4/c1-34-21-7-4-8-22-23(21)20-15-30(14-18(20)16-35-22)12-2-3-13-31-26(32)19-10-9-17-6-5-11-28-24(17)25(19)29-27(31)33/h4-11,18,20H,2-3,12-16H2,1H3,(H,29,33)/t18-,20-/m1/s1. The normalized spacial score (nSPS) is 19.5. The zero-order valence-electron chi connectivity index (χ0n) is 19.7. The fourth-order valence-corrected chi connectivity index (χ4v) is 5.70. The Hall–Kier alpha value is -3.65. The Morgan fingerprint density at radius 2 is 1.97 bits per heavy atom. The molecule has 4 heterocycles. The van der Waals surface area contributed by atoms with Gasteiger partial charge in [0.05, 0.1) is 30.1 Å². The summed E-state index contributed by atoms with van der Waals surface area (Å²) in [7, 11) is 1.71. The molecule has 180 valence electrons. The lowest BCUT2D eigenvalue weighted by atomic mass is 9.86. The molecule has 0 amide bonds. The van der Waals surface area contributed by atoms with E-state index in [0.29, 0.717) is 34.8 Å². The summed E-state index contributed by atoms with van der Waals surface area (Å²) in [4.78, 5) is 35.5. The summed E-state index contributed by atoms with van der Waals surface area (Å²) >= 11 is 0. The minimum absolute atomic E-state index is 0.260. The van der Waals surface area contributed by atoms with E-state index in [1.54, 1.807) is 19.4 Å². The first-order valence-corrected chi connectivity index (χ1v) is 12.2. The molecular weight excluding hydrogens is 444 g/mol. The fourth-order valence-electron chi connectivity index (χ4n) is 5.70. The molecule has 2 atom stereocenters. The second-order valence-corrected chi connectivity index (χ2v) is 9.47. The Morgan fingerprint density at radius 1 is 1.09 bits per heavy atom. The second kappa shape index (κ2) is 8.85. The van der Waals surface area contributed by atoms with E-state index < -0.39 is 0 Å². The Morgan fingerprint density at radius 3 is 2.86 bits per heavy atom. The minimum atomic E-state index is -0.381. The molecule has 0 spiro atoms. The van der Waals surface area contributed by atoms with Crippen molar-refractivity contribution in [3.05, 3.63) is 75.1 Å². The number of nitrogens with one attached hydrogen (secondary N) is 1. The first-order chi connectivity index (χ1) is 17.1. The highest BCUT2D eigenvalue weighted by Crippen LogP contribution is 2.46. The predicted octanol–water partition coefficient (Wildman–Crippen LogP) is 3.13. The molecule has 35 heavy (non-hydrogen) atoms. The maximum absolute atomic E-state index is 13.1. The third-order valence-electron chi connectivity index (χ3n) is 7.42. The van der Waals surface area contributed by atoms with Crippen molar-refractivity contribution in [3.8, 4) is 11.5 Å². The molecule has 1 N–H and O–H groups in total. The topological polar surface area (TPSA) is 89.5 Å². The molecule has 0 unspecified atom stereocenters. The van der Waals surface area contributed by atoms with Crippen LogP contribution in [0.2, 0.25) is 0 Å². The van der Waals surface area contributed by atoms with E-state index in [-0.39, 0.29) is 11.2 Å². The summed E-state index contributed by atoms with van der Waals surface area (Å²) in [6.45, 7) is 4.00. The van der Waals surface area contributed by atoms with Crippen molar-refractivity contribution in [1.82, 2.24) is 19.4 Å². The number of hydrogen-bond donors (Lipinski definition) is 1. The molecule has 2 aromatic heterocycles. The van der Waals surface area contributed by atoms with Gasteiger partial charge in [0.25, 0.3) is 5.56 Å². The lowest BCUT2D eigenvalue weighted by molar-refractivity contribution is 0.209. The zero-order chi connectivity index (χ0) is 23.9. The van der Waals surface area contributed by atoms with Gasteiger partial charge in [0, 0.05) is 48.6 Å². The summed E-state index contributed by atoms with van der Waals surface area (Å²) in [5.74, 6) is 2.69. The molecule has 1 saturated heterocycles. The molecular formula is C27H28N4O4. The maximum atomic E-state index is 13.1. The van der Waals surface area contributed by atoms with Gasteiger partial charge in [-0.3, -0.25) is 14.3 Å². The third-order valence-corrected chi connectivity index (χ3v) is 7.42. The number of ether oxygens (including phenoxy) is 2. The quantitative estimate of drug-likeness (QED) is 0.343. The molecule has 4 aromatic rings. The first-order valence-electron chi connectivity index (χ1n) is 12.2. The smallest absolute Gasteiger partial charge is 0.328 e. The third kappa shape index (κ3) is 3.78. The van der Waals surface area contributed by atoms with Crippen molar-refractivity contribution in [1.29, 1.82) is 0 Å². The van der Waals surface area contributed by atoms with Crippen LogP contribution in [-0.2, 0) is 6.54 Å². The second-order valence-electron chi connectivity index (χ2n) is 9.47. The average Bonchev–Trinajstić information content (AvgIpc) is 3.31. The van der Waals surface area contributed by atoms with Crippen molar-refractivity contribution < 1.29 is 9.47 Å². The van der Waals surface area contributed by atoms with E-state index in [4.69, 9.17) is 9.47 Å². The van der Waals surface area contributed by atoms with Crippen molar-refractivity contribution >= 4 is 21.8 Å². The summed E-state index contributed by atoms with van der Waals surface area (Å²) < 4.78 is 12.9. The molecule has 2 aliphatic rings. The van der Waals surface area contributed by atoms with Crippen LogP contribution >= 0.6 is 0 Å². The number of benzene rings is 2. The summed E-state index contributed by atoms with van der Waals surface area (Å²) in [5.41, 5.74) is 1.69. The molecule has 2 aromatic carbocycles. The summed E-state index contributed by atoms with van der Waals surface area (Å²) in [5, 5.41) is 1.39. The highest BCUT2D eigenvalue weighted by molar-refractivity contribution is 6.02. The van der Waals surface area contributed by atoms with Crippen molar-refractivity contribution in [2.24, 2.45) is 5.92 Å². The molecule has 8 heteroatoms. The van der Waals surface area contributed by atoms with Gasteiger partial charge >= 0.3 is 5.69 Å². The Bertz CT molecular complexity index is 1510. The van der Waals surface area contributed by atoms with Crippen molar-refractivity contribution in [2.75, 3.05) is 33.4 Å². The maximum Gasteiger partial charge on any atom is 0.328 e. The number of H-pyrrole nitrogens is 1. The van der Waals surface area contributed by atoms with Gasteiger partial charge < -0.3 is 19.4 Å².